The van der Waals surface area contributed by atoms with Crippen molar-refractivity contribution in [3.8, 4) is 5.75 Å². The minimum atomic E-state index is -0.323. The summed E-state index contributed by atoms with van der Waals surface area (Å²) in [6.45, 7) is 2.33. The first-order valence-electron chi connectivity index (χ1n) is 6.20. The Labute approximate surface area is 141 Å². The molecule has 3 nitrogen and oxygen atoms in total. The second-order valence-electron chi connectivity index (χ2n) is 4.13. The van der Waals surface area contributed by atoms with E-state index in [1.165, 1.54) is 0 Å². The number of nitrogens with one attached hydrogen (secondary N) is 1. The van der Waals surface area contributed by atoms with Crippen LogP contribution in [0.25, 0.3) is 0 Å². The summed E-state index contributed by atoms with van der Waals surface area (Å²) in [5.41, 5.74) is 0.874. The van der Waals surface area contributed by atoms with E-state index in [1.807, 2.05) is 6.92 Å². The number of amides is 1. The molecular weight excluding hydrogens is 377 g/mol. The van der Waals surface area contributed by atoms with Gasteiger partial charge in [0, 0.05) is 5.02 Å². The maximum atomic E-state index is 12.3. The first-order valence-corrected chi connectivity index (χ1v) is 7.75. The number of hydrogen-bond acceptors (Lipinski definition) is 2. The minimum absolute atomic E-state index is 0.323. The molecule has 0 fully saturated rings. The van der Waals surface area contributed by atoms with Gasteiger partial charge in [0.25, 0.3) is 5.91 Å². The fourth-order valence-corrected chi connectivity index (χ4v) is 2.93. The van der Waals surface area contributed by atoms with Crippen molar-refractivity contribution in [2.45, 2.75) is 6.92 Å². The minimum Gasteiger partial charge on any atom is -0.491 e. The Morgan fingerprint density at radius 3 is 2.67 bits per heavy atom. The molecule has 0 aliphatic rings. The van der Waals surface area contributed by atoms with Crippen LogP contribution in [-0.4, -0.2) is 12.5 Å². The van der Waals surface area contributed by atoms with Gasteiger partial charge in [0.15, 0.2) is 5.75 Å². The molecule has 0 saturated heterocycles. The first kappa shape index (κ1) is 16.1. The van der Waals surface area contributed by atoms with Gasteiger partial charge < -0.3 is 10.1 Å². The van der Waals surface area contributed by atoms with Crippen molar-refractivity contribution in [2.24, 2.45) is 0 Å². The molecule has 0 heterocycles. The van der Waals surface area contributed by atoms with Gasteiger partial charge >= 0.3 is 0 Å². The van der Waals surface area contributed by atoms with E-state index in [0.29, 0.717) is 38.1 Å². The molecule has 2 rings (SSSR count). The topological polar surface area (TPSA) is 38.3 Å². The van der Waals surface area contributed by atoms with E-state index < -0.39 is 0 Å². The van der Waals surface area contributed by atoms with E-state index in [-0.39, 0.29) is 5.91 Å². The summed E-state index contributed by atoms with van der Waals surface area (Å²) in [4.78, 5) is 12.3. The zero-order chi connectivity index (χ0) is 15.4. The molecule has 0 aromatic heterocycles. The largest absolute Gasteiger partial charge is 0.491 e. The molecule has 110 valence electrons. The average molecular weight is 389 g/mol. The molecule has 0 spiro atoms. The van der Waals surface area contributed by atoms with Crippen LogP contribution in [0.4, 0.5) is 5.69 Å². The van der Waals surface area contributed by atoms with E-state index in [0.717, 1.165) is 0 Å². The molecular formula is C15H12BrCl2NO2. The van der Waals surface area contributed by atoms with Crippen molar-refractivity contribution in [2.75, 3.05) is 11.9 Å². The summed E-state index contributed by atoms with van der Waals surface area (Å²) in [7, 11) is 0. The van der Waals surface area contributed by atoms with Gasteiger partial charge in [-0.1, -0.05) is 35.3 Å². The van der Waals surface area contributed by atoms with Crippen LogP contribution in [0.3, 0.4) is 0 Å². The van der Waals surface area contributed by atoms with Crippen LogP contribution in [0.5, 0.6) is 5.75 Å². The number of hydrogen-bond donors (Lipinski definition) is 1. The van der Waals surface area contributed by atoms with Gasteiger partial charge in [0.1, 0.15) is 0 Å². The second-order valence-corrected chi connectivity index (χ2v) is 5.83. The molecule has 1 amide bonds. The number of benzene rings is 2. The molecule has 0 saturated carbocycles. The van der Waals surface area contributed by atoms with Gasteiger partial charge in [-0.2, -0.15) is 0 Å². The summed E-state index contributed by atoms with van der Waals surface area (Å²) < 4.78 is 6.21. The SMILES string of the molecule is CCOc1c(Br)cc(Cl)cc1NC(=O)c1ccccc1Cl. The van der Waals surface area contributed by atoms with Crippen molar-refractivity contribution in [1.29, 1.82) is 0 Å². The quantitative estimate of drug-likeness (QED) is 0.760. The lowest BCUT2D eigenvalue weighted by Gasteiger charge is -2.14. The highest BCUT2D eigenvalue weighted by Gasteiger charge is 2.15. The van der Waals surface area contributed by atoms with Crippen molar-refractivity contribution in [3.05, 3.63) is 56.5 Å². The van der Waals surface area contributed by atoms with Crippen LogP contribution in [0.1, 0.15) is 17.3 Å². The zero-order valence-electron chi connectivity index (χ0n) is 11.1. The Balaban J connectivity index is 2.35. The Morgan fingerprint density at radius 1 is 1.29 bits per heavy atom. The molecule has 2 aromatic carbocycles. The lowest BCUT2D eigenvalue weighted by molar-refractivity contribution is 0.102. The Hall–Kier alpha value is -1.23. The molecule has 21 heavy (non-hydrogen) atoms. The Kier molecular flexibility index (Phi) is 5.51. The van der Waals surface area contributed by atoms with Gasteiger partial charge in [-0.25, -0.2) is 0 Å². The smallest absolute Gasteiger partial charge is 0.257 e. The van der Waals surface area contributed by atoms with Gasteiger partial charge in [0.2, 0.25) is 0 Å². The summed E-state index contributed by atoms with van der Waals surface area (Å²) in [5, 5.41) is 3.64. The summed E-state index contributed by atoms with van der Waals surface area (Å²) in [6.07, 6.45) is 0. The monoisotopic (exact) mass is 387 g/mol. The van der Waals surface area contributed by atoms with E-state index in [2.05, 4.69) is 21.2 Å². The number of carbonyl (C=O) groups excluding carboxylic acids is 1. The molecule has 0 aliphatic carbocycles. The van der Waals surface area contributed by atoms with Crippen molar-refractivity contribution in [1.82, 2.24) is 0 Å². The first-order chi connectivity index (χ1) is 10.0. The van der Waals surface area contributed by atoms with Crippen LogP contribution >= 0.6 is 39.1 Å². The van der Waals surface area contributed by atoms with Crippen molar-refractivity contribution < 1.29 is 9.53 Å². The average Bonchev–Trinajstić information content (AvgIpc) is 2.43. The highest BCUT2D eigenvalue weighted by Crippen LogP contribution is 2.37. The predicted molar refractivity (Wildman–Crippen MR) is 89.7 cm³/mol. The molecule has 0 atom stereocenters. The maximum Gasteiger partial charge on any atom is 0.257 e. The predicted octanol–water partition coefficient (Wildman–Crippen LogP) is 5.41. The van der Waals surface area contributed by atoms with Crippen molar-refractivity contribution >= 4 is 50.7 Å². The van der Waals surface area contributed by atoms with E-state index in [9.17, 15) is 4.79 Å². The van der Waals surface area contributed by atoms with Gasteiger partial charge in [0.05, 0.1) is 27.4 Å². The second kappa shape index (κ2) is 7.16. The Bertz CT molecular complexity index is 677. The number of rotatable bonds is 4. The zero-order valence-corrected chi connectivity index (χ0v) is 14.2. The number of carbonyl (C=O) groups is 1. The third-order valence-corrected chi connectivity index (χ3v) is 3.80. The summed E-state index contributed by atoms with van der Waals surface area (Å²) >= 11 is 15.4. The van der Waals surface area contributed by atoms with E-state index in [4.69, 9.17) is 27.9 Å². The molecule has 0 bridgehead atoms. The number of ether oxygens (including phenoxy) is 1. The number of halogens is 3. The van der Waals surface area contributed by atoms with E-state index >= 15 is 0 Å². The maximum absolute atomic E-state index is 12.3. The molecule has 1 N–H and O–H groups in total. The lowest BCUT2D eigenvalue weighted by atomic mass is 10.2. The summed E-state index contributed by atoms with van der Waals surface area (Å²) in [6, 6.07) is 10.2. The van der Waals surface area contributed by atoms with Gasteiger partial charge in [-0.3, -0.25) is 4.79 Å². The third-order valence-electron chi connectivity index (χ3n) is 2.66. The highest BCUT2D eigenvalue weighted by molar-refractivity contribution is 9.10. The fraction of sp³-hybridized carbons (Fsp3) is 0.133. The van der Waals surface area contributed by atoms with Crippen LogP contribution in [-0.2, 0) is 0 Å². The Morgan fingerprint density at radius 2 is 2.00 bits per heavy atom. The molecule has 0 unspecified atom stereocenters. The van der Waals surface area contributed by atoms with Crippen LogP contribution < -0.4 is 10.1 Å². The van der Waals surface area contributed by atoms with Crippen molar-refractivity contribution in [3.63, 3.8) is 0 Å². The van der Waals surface area contributed by atoms with E-state index in [1.54, 1.807) is 36.4 Å². The van der Waals surface area contributed by atoms with Crippen LogP contribution in [0.2, 0.25) is 10.0 Å². The normalized spacial score (nSPS) is 10.3. The summed E-state index contributed by atoms with van der Waals surface area (Å²) in [5.74, 6) is 0.207. The molecule has 2 aromatic rings. The molecule has 6 heteroatoms. The fourth-order valence-electron chi connectivity index (χ4n) is 1.78. The highest BCUT2D eigenvalue weighted by atomic mass is 79.9. The van der Waals surface area contributed by atoms with Gasteiger partial charge in [-0.05, 0) is 47.1 Å². The lowest BCUT2D eigenvalue weighted by Crippen LogP contribution is -2.13. The number of anilines is 1. The van der Waals surface area contributed by atoms with Gasteiger partial charge in [-0.15, -0.1) is 0 Å². The third kappa shape index (κ3) is 3.90. The molecule has 0 aliphatic heterocycles. The standard InChI is InChI=1S/C15H12BrCl2NO2/c1-2-21-14-11(16)7-9(17)8-13(14)19-15(20)10-5-3-4-6-12(10)18/h3-8H,2H2,1H3,(H,19,20). The van der Waals surface area contributed by atoms with Crippen LogP contribution in [0, 0.1) is 0 Å². The molecule has 0 radical (unpaired) electrons. The van der Waals surface area contributed by atoms with Crippen LogP contribution in [0.15, 0.2) is 40.9 Å².